The number of hydrogen-bond acceptors (Lipinski definition) is 6. The molecule has 2 aromatic rings. The quantitative estimate of drug-likeness (QED) is 0.0832. The number of nitrogens with two attached hydrogens (primary N) is 3. The van der Waals surface area contributed by atoms with Gasteiger partial charge in [-0.05, 0) is 30.4 Å². The van der Waals surface area contributed by atoms with Crippen LogP contribution in [0.2, 0.25) is 0 Å². The van der Waals surface area contributed by atoms with Crippen LogP contribution in [0.4, 0.5) is 0 Å². The van der Waals surface area contributed by atoms with Gasteiger partial charge in [-0.3, -0.25) is 24.2 Å². The summed E-state index contributed by atoms with van der Waals surface area (Å²) in [4.78, 5) is 57.0. The minimum absolute atomic E-state index is 0.0499. The number of H-pyrrole nitrogens is 1. The zero-order valence-electron chi connectivity index (χ0n) is 21.7. The molecule has 0 bridgehead atoms. The molecule has 0 saturated carbocycles. The summed E-state index contributed by atoms with van der Waals surface area (Å²) in [6.45, 7) is 3.39. The number of hydrogen-bond donors (Lipinski definition) is 8. The molecule has 0 spiro atoms. The average molecular weight is 531 g/mol. The third kappa shape index (κ3) is 9.07. The zero-order valence-corrected chi connectivity index (χ0v) is 21.7. The van der Waals surface area contributed by atoms with Gasteiger partial charge in [0.2, 0.25) is 17.7 Å². The number of aromatic amines is 1. The Kier molecular flexibility index (Phi) is 11.5. The molecule has 0 aliphatic carbocycles. The van der Waals surface area contributed by atoms with Gasteiger partial charge in [-0.1, -0.05) is 38.5 Å². The molecule has 0 aliphatic heterocycles. The molecule has 0 saturated heterocycles. The fraction of sp³-hybridized carbons (Fsp3) is 0.480. The summed E-state index contributed by atoms with van der Waals surface area (Å²) in [7, 11) is 0. The van der Waals surface area contributed by atoms with Crippen LogP contribution in [-0.2, 0) is 25.6 Å². The normalized spacial score (nSPS) is 14.1. The first kappa shape index (κ1) is 30.1. The van der Waals surface area contributed by atoms with Gasteiger partial charge in [0.15, 0.2) is 5.96 Å². The van der Waals surface area contributed by atoms with Crippen molar-refractivity contribution in [3.63, 3.8) is 0 Å². The van der Waals surface area contributed by atoms with E-state index in [4.69, 9.17) is 22.3 Å². The van der Waals surface area contributed by atoms with Crippen LogP contribution < -0.4 is 33.2 Å². The van der Waals surface area contributed by atoms with E-state index in [1.807, 2.05) is 31.2 Å². The molecule has 13 nitrogen and oxygen atoms in total. The Balaban J connectivity index is 2.17. The van der Waals surface area contributed by atoms with Crippen molar-refractivity contribution in [2.24, 2.45) is 28.1 Å². The Morgan fingerprint density at radius 2 is 1.79 bits per heavy atom. The van der Waals surface area contributed by atoms with Crippen molar-refractivity contribution in [3.05, 3.63) is 36.0 Å². The van der Waals surface area contributed by atoms with Crippen molar-refractivity contribution in [2.75, 3.05) is 13.1 Å². The number of aromatic nitrogens is 1. The molecule has 11 N–H and O–H groups in total. The van der Waals surface area contributed by atoms with Gasteiger partial charge in [0.25, 0.3) is 0 Å². The number of amides is 3. The average Bonchev–Trinajstić information content (AvgIpc) is 3.29. The van der Waals surface area contributed by atoms with Gasteiger partial charge in [0, 0.05) is 30.1 Å². The summed E-state index contributed by atoms with van der Waals surface area (Å²) in [6, 6.07) is 4.55. The minimum atomic E-state index is -1.21. The molecule has 4 atom stereocenters. The summed E-state index contributed by atoms with van der Waals surface area (Å²) in [5.41, 5.74) is 18.2. The predicted octanol–water partition coefficient (Wildman–Crippen LogP) is -0.692. The van der Waals surface area contributed by atoms with E-state index in [9.17, 15) is 19.2 Å². The number of nitrogens with zero attached hydrogens (tertiary/aromatic N) is 1. The van der Waals surface area contributed by atoms with Crippen LogP contribution in [0.5, 0.6) is 0 Å². The van der Waals surface area contributed by atoms with Crippen molar-refractivity contribution in [3.8, 4) is 0 Å². The number of carboxylic acids is 1. The zero-order chi connectivity index (χ0) is 28.2. The summed E-state index contributed by atoms with van der Waals surface area (Å²) in [5, 5.41) is 17.6. The molecule has 4 unspecified atom stereocenters. The second kappa shape index (κ2) is 14.6. The van der Waals surface area contributed by atoms with Crippen molar-refractivity contribution < 1.29 is 24.3 Å². The van der Waals surface area contributed by atoms with Crippen LogP contribution in [0.15, 0.2) is 35.5 Å². The molecule has 1 heterocycles. The fourth-order valence-corrected chi connectivity index (χ4v) is 3.89. The third-order valence-electron chi connectivity index (χ3n) is 6.24. The van der Waals surface area contributed by atoms with E-state index in [1.165, 1.54) is 0 Å². The highest BCUT2D eigenvalue weighted by Crippen LogP contribution is 2.19. The molecule has 3 amide bonds. The fourth-order valence-electron chi connectivity index (χ4n) is 3.89. The number of nitrogens with one attached hydrogen (secondary N) is 4. The van der Waals surface area contributed by atoms with Crippen LogP contribution in [0, 0.1) is 5.92 Å². The molecular weight excluding hydrogens is 492 g/mol. The molecule has 2 rings (SSSR count). The number of aliphatic carboxylic acids is 1. The van der Waals surface area contributed by atoms with Crippen LogP contribution in [0.25, 0.3) is 10.9 Å². The number of carbonyl (C=O) groups is 4. The molecule has 0 fully saturated rings. The molecule has 0 aliphatic rings. The Labute approximate surface area is 221 Å². The third-order valence-corrected chi connectivity index (χ3v) is 6.24. The van der Waals surface area contributed by atoms with E-state index in [2.05, 4.69) is 25.9 Å². The number of fused-ring (bicyclic) bond motifs is 1. The summed E-state index contributed by atoms with van der Waals surface area (Å²) < 4.78 is 0. The van der Waals surface area contributed by atoms with E-state index in [-0.39, 0.29) is 18.3 Å². The van der Waals surface area contributed by atoms with E-state index >= 15 is 0 Å². The van der Waals surface area contributed by atoms with Crippen LogP contribution in [-0.4, -0.2) is 71.0 Å². The number of benzene rings is 1. The monoisotopic (exact) mass is 530 g/mol. The Morgan fingerprint density at radius 1 is 1.08 bits per heavy atom. The van der Waals surface area contributed by atoms with Gasteiger partial charge < -0.3 is 43.2 Å². The molecule has 1 aromatic carbocycles. The smallest absolute Gasteiger partial charge is 0.322 e. The van der Waals surface area contributed by atoms with Crippen molar-refractivity contribution in [2.45, 2.75) is 57.7 Å². The SMILES string of the molecule is CCC(C)C(NC(=O)C(N)CCCN=C(N)N)C(=O)NC(Cc1c[nH]c2ccccc12)C(=O)NCC(=O)O. The van der Waals surface area contributed by atoms with Crippen molar-refractivity contribution >= 4 is 40.6 Å². The molecule has 38 heavy (non-hydrogen) atoms. The van der Waals surface area contributed by atoms with E-state index in [0.717, 1.165) is 16.5 Å². The largest absolute Gasteiger partial charge is 0.480 e. The summed E-state index contributed by atoms with van der Waals surface area (Å²) in [5.74, 6) is -3.28. The second-order valence-electron chi connectivity index (χ2n) is 9.16. The number of carbonyl (C=O) groups excluding carboxylic acids is 3. The van der Waals surface area contributed by atoms with Crippen LogP contribution >= 0.6 is 0 Å². The summed E-state index contributed by atoms with van der Waals surface area (Å²) in [6.07, 6.45) is 3.19. The van der Waals surface area contributed by atoms with E-state index in [1.54, 1.807) is 13.1 Å². The van der Waals surface area contributed by atoms with Gasteiger partial charge in [0.1, 0.15) is 18.6 Å². The molecule has 0 radical (unpaired) electrons. The highest BCUT2D eigenvalue weighted by Gasteiger charge is 2.31. The lowest BCUT2D eigenvalue weighted by Crippen LogP contribution is -2.58. The second-order valence-corrected chi connectivity index (χ2v) is 9.16. The van der Waals surface area contributed by atoms with Crippen molar-refractivity contribution in [1.29, 1.82) is 0 Å². The topological polar surface area (TPSA) is 231 Å². The van der Waals surface area contributed by atoms with E-state index in [0.29, 0.717) is 25.8 Å². The lowest BCUT2D eigenvalue weighted by Gasteiger charge is -2.27. The Bertz CT molecular complexity index is 1140. The Morgan fingerprint density at radius 3 is 2.45 bits per heavy atom. The molecule has 13 heteroatoms. The number of para-hydroxylation sites is 1. The van der Waals surface area contributed by atoms with Crippen molar-refractivity contribution in [1.82, 2.24) is 20.9 Å². The van der Waals surface area contributed by atoms with E-state index < -0.39 is 48.4 Å². The van der Waals surface area contributed by atoms with Gasteiger partial charge in [-0.25, -0.2) is 0 Å². The highest BCUT2D eigenvalue weighted by molar-refractivity contribution is 5.94. The van der Waals surface area contributed by atoms with Crippen LogP contribution in [0.3, 0.4) is 0 Å². The first-order chi connectivity index (χ1) is 18.0. The lowest BCUT2D eigenvalue weighted by atomic mass is 9.96. The number of aliphatic imine (C=N–C) groups is 1. The predicted molar refractivity (Wildman–Crippen MR) is 144 cm³/mol. The molecule has 1 aromatic heterocycles. The molecular formula is C25H38N8O5. The first-order valence-electron chi connectivity index (χ1n) is 12.5. The van der Waals surface area contributed by atoms with Gasteiger partial charge >= 0.3 is 5.97 Å². The molecule has 208 valence electrons. The number of guanidine groups is 1. The highest BCUT2D eigenvalue weighted by atomic mass is 16.4. The first-order valence-corrected chi connectivity index (χ1v) is 12.5. The lowest BCUT2D eigenvalue weighted by molar-refractivity contribution is -0.138. The van der Waals surface area contributed by atoms with Gasteiger partial charge in [-0.15, -0.1) is 0 Å². The maximum atomic E-state index is 13.4. The van der Waals surface area contributed by atoms with Gasteiger partial charge in [-0.2, -0.15) is 0 Å². The number of carboxylic acid groups (broad SMARTS) is 1. The van der Waals surface area contributed by atoms with Gasteiger partial charge in [0.05, 0.1) is 6.04 Å². The maximum absolute atomic E-state index is 13.4. The maximum Gasteiger partial charge on any atom is 0.322 e. The summed E-state index contributed by atoms with van der Waals surface area (Å²) >= 11 is 0. The minimum Gasteiger partial charge on any atom is -0.480 e. The standard InChI is InChI=1S/C25H38N8O5/c1-3-14(2)21(33-22(36)17(26)8-6-10-29-25(27)28)24(38)32-19(23(37)31-13-20(34)35)11-15-12-30-18-9-5-4-7-16(15)18/h4-5,7,9,12,14,17,19,21,30H,3,6,8,10-11,13,26H2,1-2H3,(H,31,37)(H,32,38)(H,33,36)(H,34,35)(H4,27,28,29). The Hall–Kier alpha value is -4.13. The number of rotatable bonds is 15. The van der Waals surface area contributed by atoms with Crippen LogP contribution in [0.1, 0.15) is 38.7 Å².